The average molecular weight is 400 g/mol. The molecule has 0 unspecified atom stereocenters. The van der Waals surface area contributed by atoms with Gasteiger partial charge in [-0.15, -0.1) is 5.10 Å². The molecule has 30 heavy (non-hydrogen) atoms. The number of hydrogen-bond donors (Lipinski definition) is 1. The summed E-state index contributed by atoms with van der Waals surface area (Å²) in [6, 6.07) is 20.1. The Morgan fingerprint density at radius 3 is 2.23 bits per heavy atom. The predicted molar refractivity (Wildman–Crippen MR) is 114 cm³/mol. The van der Waals surface area contributed by atoms with E-state index in [-0.39, 0.29) is 5.91 Å². The molecule has 0 aliphatic carbocycles. The van der Waals surface area contributed by atoms with Crippen molar-refractivity contribution < 1.29 is 4.79 Å². The lowest BCUT2D eigenvalue weighted by Gasteiger charge is -2.06. The molecule has 1 N–H and O–H groups in total. The molecule has 0 bridgehead atoms. The van der Waals surface area contributed by atoms with Crippen LogP contribution in [0.2, 0.25) is 0 Å². The molecule has 1 amide bonds. The van der Waals surface area contributed by atoms with Crippen LogP contribution in [-0.4, -0.2) is 30.7 Å². The first kappa shape index (κ1) is 19.6. The van der Waals surface area contributed by atoms with Crippen molar-refractivity contribution in [2.75, 3.05) is 0 Å². The van der Waals surface area contributed by atoms with Crippen molar-refractivity contribution in [1.29, 1.82) is 0 Å². The molecule has 2 aromatic heterocycles. The molecule has 0 radical (unpaired) electrons. The van der Waals surface area contributed by atoms with E-state index in [1.807, 2.05) is 67.1 Å². The molecule has 0 aliphatic heterocycles. The Balaban J connectivity index is 1.39. The number of carbonyl (C=O) groups excluding carboxylic acids is 1. The van der Waals surface area contributed by atoms with Crippen molar-refractivity contribution >= 4 is 5.91 Å². The lowest BCUT2D eigenvalue weighted by molar-refractivity contribution is 0.0945. The molecule has 4 aromatic rings. The maximum absolute atomic E-state index is 12.6. The highest BCUT2D eigenvalue weighted by atomic mass is 16.2. The van der Waals surface area contributed by atoms with Crippen molar-refractivity contribution in [1.82, 2.24) is 30.1 Å². The van der Waals surface area contributed by atoms with Crippen molar-refractivity contribution in [3.63, 3.8) is 0 Å². The quantitative estimate of drug-likeness (QED) is 0.517. The van der Waals surface area contributed by atoms with Crippen molar-refractivity contribution in [2.24, 2.45) is 0 Å². The molecule has 7 nitrogen and oxygen atoms in total. The minimum absolute atomic E-state index is 0.246. The van der Waals surface area contributed by atoms with Gasteiger partial charge in [0.15, 0.2) is 5.69 Å². The van der Waals surface area contributed by atoms with Gasteiger partial charge in [0.1, 0.15) is 0 Å². The van der Waals surface area contributed by atoms with Crippen molar-refractivity contribution in [2.45, 2.75) is 33.5 Å². The summed E-state index contributed by atoms with van der Waals surface area (Å²) >= 11 is 0. The summed E-state index contributed by atoms with van der Waals surface area (Å²) in [6.07, 6.45) is 1.67. The number of amides is 1. The Hall–Kier alpha value is -3.74. The normalized spacial score (nSPS) is 10.9. The fraction of sp³-hybridized carbons (Fsp3) is 0.217. The van der Waals surface area contributed by atoms with E-state index >= 15 is 0 Å². The standard InChI is InChI=1S/C23H24N6O/c1-17-21(18(2)29(26-17)15-20-11-7-4-8-12-20)13-24-23(30)22-16-28(27-25-22)14-19-9-5-3-6-10-19/h3-12,16H,13-15H2,1-2H3,(H,24,30). The highest BCUT2D eigenvalue weighted by molar-refractivity contribution is 5.91. The van der Waals surface area contributed by atoms with Gasteiger partial charge in [0.2, 0.25) is 0 Å². The lowest BCUT2D eigenvalue weighted by Crippen LogP contribution is -2.23. The van der Waals surface area contributed by atoms with Gasteiger partial charge in [0, 0.05) is 17.8 Å². The number of hydrogen-bond acceptors (Lipinski definition) is 4. The van der Waals surface area contributed by atoms with E-state index in [2.05, 4.69) is 32.9 Å². The van der Waals surface area contributed by atoms with Gasteiger partial charge < -0.3 is 5.32 Å². The van der Waals surface area contributed by atoms with Gasteiger partial charge in [-0.3, -0.25) is 9.48 Å². The molecule has 2 heterocycles. The van der Waals surface area contributed by atoms with Gasteiger partial charge in [0.25, 0.3) is 5.91 Å². The largest absolute Gasteiger partial charge is 0.346 e. The van der Waals surface area contributed by atoms with Crippen LogP contribution in [0.15, 0.2) is 66.9 Å². The van der Waals surface area contributed by atoms with Crippen LogP contribution in [0.4, 0.5) is 0 Å². The fourth-order valence-corrected chi connectivity index (χ4v) is 3.41. The number of nitrogens with zero attached hydrogens (tertiary/aromatic N) is 5. The van der Waals surface area contributed by atoms with Crippen LogP contribution in [-0.2, 0) is 19.6 Å². The van der Waals surface area contributed by atoms with E-state index < -0.39 is 0 Å². The van der Waals surface area contributed by atoms with Crippen LogP contribution < -0.4 is 5.32 Å². The van der Waals surface area contributed by atoms with E-state index in [1.54, 1.807) is 10.9 Å². The van der Waals surface area contributed by atoms with Gasteiger partial charge in [-0.05, 0) is 25.0 Å². The molecule has 4 rings (SSSR count). The summed E-state index contributed by atoms with van der Waals surface area (Å²) < 4.78 is 3.64. The first-order valence-electron chi connectivity index (χ1n) is 9.89. The molecule has 2 aromatic carbocycles. The Bertz CT molecular complexity index is 1130. The first-order chi connectivity index (χ1) is 14.6. The zero-order valence-corrected chi connectivity index (χ0v) is 17.1. The predicted octanol–water partition coefficient (Wildman–Crippen LogP) is 3.12. The minimum Gasteiger partial charge on any atom is -0.346 e. The smallest absolute Gasteiger partial charge is 0.273 e. The lowest BCUT2D eigenvalue weighted by atomic mass is 10.2. The summed E-state index contributed by atoms with van der Waals surface area (Å²) in [7, 11) is 0. The van der Waals surface area contributed by atoms with E-state index in [0.29, 0.717) is 25.3 Å². The second kappa shape index (κ2) is 8.73. The Morgan fingerprint density at radius 1 is 0.933 bits per heavy atom. The van der Waals surface area contributed by atoms with Gasteiger partial charge in [-0.2, -0.15) is 5.10 Å². The van der Waals surface area contributed by atoms with Crippen LogP contribution in [0.3, 0.4) is 0 Å². The Morgan fingerprint density at radius 2 is 1.57 bits per heavy atom. The molecular weight excluding hydrogens is 376 g/mol. The Labute approximate surface area is 175 Å². The van der Waals surface area contributed by atoms with Gasteiger partial charge in [-0.1, -0.05) is 65.9 Å². The first-order valence-corrected chi connectivity index (χ1v) is 9.89. The van der Waals surface area contributed by atoms with Crippen LogP contribution in [0, 0.1) is 13.8 Å². The van der Waals surface area contributed by atoms with Crippen LogP contribution in [0.1, 0.15) is 38.6 Å². The molecule has 0 spiro atoms. The molecule has 0 aliphatic rings. The van der Waals surface area contributed by atoms with Crippen LogP contribution in [0.5, 0.6) is 0 Å². The molecule has 0 saturated carbocycles. The SMILES string of the molecule is Cc1nn(Cc2ccccc2)c(C)c1CNC(=O)c1cn(Cc2ccccc2)nn1. The third kappa shape index (κ3) is 4.46. The number of benzene rings is 2. The summed E-state index contributed by atoms with van der Waals surface area (Å²) in [5.41, 5.74) is 5.58. The van der Waals surface area contributed by atoms with Gasteiger partial charge in [0.05, 0.1) is 25.0 Å². The van der Waals surface area contributed by atoms with Crippen LogP contribution in [0.25, 0.3) is 0 Å². The number of rotatable bonds is 7. The van der Waals surface area contributed by atoms with Crippen molar-refractivity contribution in [3.05, 3.63) is 101 Å². The average Bonchev–Trinajstić information content (AvgIpc) is 3.33. The summed E-state index contributed by atoms with van der Waals surface area (Å²) in [5, 5.41) is 15.7. The third-order valence-electron chi connectivity index (χ3n) is 5.09. The highest BCUT2D eigenvalue weighted by Crippen LogP contribution is 2.15. The maximum Gasteiger partial charge on any atom is 0.273 e. The molecular formula is C23H24N6O. The second-order valence-corrected chi connectivity index (χ2v) is 7.26. The number of nitrogens with one attached hydrogen (secondary N) is 1. The van der Waals surface area contributed by atoms with Gasteiger partial charge in [-0.25, -0.2) is 4.68 Å². The van der Waals surface area contributed by atoms with Crippen molar-refractivity contribution in [3.8, 4) is 0 Å². The second-order valence-electron chi connectivity index (χ2n) is 7.26. The molecule has 152 valence electrons. The molecule has 0 fully saturated rings. The van der Waals surface area contributed by atoms with E-state index in [1.165, 1.54) is 5.56 Å². The number of aromatic nitrogens is 5. The Kier molecular flexibility index (Phi) is 5.70. The summed E-state index contributed by atoms with van der Waals surface area (Å²) in [5.74, 6) is -0.246. The van der Waals surface area contributed by atoms with E-state index in [0.717, 1.165) is 22.5 Å². The van der Waals surface area contributed by atoms with Gasteiger partial charge >= 0.3 is 0 Å². The zero-order chi connectivity index (χ0) is 20.9. The minimum atomic E-state index is -0.246. The number of carbonyl (C=O) groups is 1. The molecule has 0 atom stereocenters. The molecule has 0 saturated heterocycles. The fourth-order valence-electron chi connectivity index (χ4n) is 3.41. The van der Waals surface area contributed by atoms with Crippen LogP contribution >= 0.6 is 0 Å². The third-order valence-corrected chi connectivity index (χ3v) is 5.09. The topological polar surface area (TPSA) is 77.6 Å². The maximum atomic E-state index is 12.6. The highest BCUT2D eigenvalue weighted by Gasteiger charge is 2.15. The monoisotopic (exact) mass is 400 g/mol. The molecule has 7 heteroatoms. The van der Waals surface area contributed by atoms with E-state index in [4.69, 9.17) is 0 Å². The number of aryl methyl sites for hydroxylation is 1. The van der Waals surface area contributed by atoms with E-state index in [9.17, 15) is 4.79 Å². The zero-order valence-electron chi connectivity index (χ0n) is 17.1. The summed E-state index contributed by atoms with van der Waals surface area (Å²) in [4.78, 5) is 12.6. The summed E-state index contributed by atoms with van der Waals surface area (Å²) in [6.45, 7) is 5.67.